The van der Waals surface area contributed by atoms with E-state index in [1.165, 1.54) is 0 Å². The van der Waals surface area contributed by atoms with Gasteiger partial charge in [-0.3, -0.25) is 0 Å². The van der Waals surface area contributed by atoms with Crippen LogP contribution < -0.4 is 0 Å². The van der Waals surface area contributed by atoms with E-state index in [4.69, 9.17) is 0 Å². The Morgan fingerprint density at radius 3 is 1.93 bits per heavy atom. The first-order valence-electron chi connectivity index (χ1n) is 4.64. The lowest BCUT2D eigenvalue weighted by Crippen LogP contribution is -1.99. The van der Waals surface area contributed by atoms with Crippen molar-refractivity contribution in [3.05, 3.63) is 76.3 Å². The van der Waals surface area contributed by atoms with Gasteiger partial charge in [0.1, 0.15) is 0 Å². The van der Waals surface area contributed by atoms with Gasteiger partial charge in [0.25, 0.3) is 0 Å². The van der Waals surface area contributed by atoms with E-state index in [1.54, 1.807) is 0 Å². The van der Waals surface area contributed by atoms with Crippen molar-refractivity contribution < 1.29 is 5.11 Å². The second-order valence-corrected chi connectivity index (χ2v) is 4.14. The molecule has 0 spiro atoms. The molecule has 0 saturated heterocycles. The lowest BCUT2D eigenvalue weighted by atomic mass is 10.0. The fraction of sp³-hybridized carbons (Fsp3) is 0. The van der Waals surface area contributed by atoms with Gasteiger partial charge in [0.2, 0.25) is 0 Å². The van der Waals surface area contributed by atoms with Gasteiger partial charge in [0, 0.05) is 4.47 Å². The minimum atomic E-state index is 0.308. The van der Waals surface area contributed by atoms with E-state index in [0.717, 1.165) is 15.6 Å². The summed E-state index contributed by atoms with van der Waals surface area (Å²) in [6, 6.07) is 17.1. The Morgan fingerprint density at radius 2 is 1.33 bits per heavy atom. The molecule has 2 aromatic carbocycles. The van der Waals surface area contributed by atoms with E-state index in [1.807, 2.05) is 54.6 Å². The second kappa shape index (κ2) is 4.60. The third kappa shape index (κ3) is 2.46. The third-order valence-corrected chi connectivity index (χ3v) is 2.69. The summed E-state index contributed by atoms with van der Waals surface area (Å²) < 4.78 is 1.01. The fourth-order valence-electron chi connectivity index (χ4n) is 1.37. The molecular formula is C13H10BrO. The molecule has 1 nitrogen and oxygen atoms in total. The summed E-state index contributed by atoms with van der Waals surface area (Å²) in [5.74, 6) is 0. The average molecular weight is 262 g/mol. The van der Waals surface area contributed by atoms with Gasteiger partial charge in [-0.2, -0.15) is 0 Å². The van der Waals surface area contributed by atoms with Crippen molar-refractivity contribution >= 4 is 15.9 Å². The van der Waals surface area contributed by atoms with Crippen LogP contribution in [-0.4, -0.2) is 5.11 Å². The van der Waals surface area contributed by atoms with Crippen LogP contribution in [-0.2, 0) is 0 Å². The maximum atomic E-state index is 9.98. The molecule has 0 aliphatic carbocycles. The molecule has 1 N–H and O–H groups in total. The normalized spacial score (nSPS) is 10.6. The smallest absolute Gasteiger partial charge is 0.152 e. The van der Waals surface area contributed by atoms with Crippen LogP contribution in [0.15, 0.2) is 59.1 Å². The Kier molecular flexibility index (Phi) is 3.19. The molecule has 0 saturated carbocycles. The molecule has 0 aliphatic heterocycles. The highest BCUT2D eigenvalue weighted by molar-refractivity contribution is 9.10. The molecule has 0 aliphatic rings. The maximum Gasteiger partial charge on any atom is 0.152 e. The maximum absolute atomic E-state index is 9.98. The molecule has 0 fully saturated rings. The van der Waals surface area contributed by atoms with Gasteiger partial charge in [0.15, 0.2) is 6.10 Å². The predicted molar refractivity (Wildman–Crippen MR) is 64.0 cm³/mol. The summed E-state index contributed by atoms with van der Waals surface area (Å²) in [4.78, 5) is 0. The van der Waals surface area contributed by atoms with Gasteiger partial charge < -0.3 is 5.11 Å². The Morgan fingerprint density at radius 1 is 0.800 bits per heavy atom. The van der Waals surface area contributed by atoms with Crippen LogP contribution in [0.2, 0.25) is 0 Å². The summed E-state index contributed by atoms with van der Waals surface area (Å²) in [7, 11) is 0. The Bertz CT molecular complexity index is 422. The summed E-state index contributed by atoms with van der Waals surface area (Å²) in [6.45, 7) is 0. The topological polar surface area (TPSA) is 20.2 Å². The van der Waals surface area contributed by atoms with Crippen molar-refractivity contribution in [3.8, 4) is 0 Å². The van der Waals surface area contributed by atoms with Crippen molar-refractivity contribution in [3.63, 3.8) is 0 Å². The molecule has 0 amide bonds. The molecule has 0 atom stereocenters. The minimum Gasteiger partial charge on any atom is -0.377 e. The highest BCUT2D eigenvalue weighted by Crippen LogP contribution is 2.22. The van der Waals surface area contributed by atoms with Gasteiger partial charge in [0.05, 0.1) is 0 Å². The number of rotatable bonds is 2. The third-order valence-electron chi connectivity index (χ3n) is 2.16. The zero-order chi connectivity index (χ0) is 10.7. The molecule has 2 rings (SSSR count). The van der Waals surface area contributed by atoms with E-state index in [-0.39, 0.29) is 0 Å². The first-order valence-corrected chi connectivity index (χ1v) is 5.44. The van der Waals surface area contributed by atoms with Crippen molar-refractivity contribution in [2.24, 2.45) is 0 Å². The van der Waals surface area contributed by atoms with Crippen LogP contribution >= 0.6 is 15.9 Å². The van der Waals surface area contributed by atoms with Crippen LogP contribution in [0.25, 0.3) is 0 Å². The fourth-order valence-corrected chi connectivity index (χ4v) is 1.63. The van der Waals surface area contributed by atoms with Crippen molar-refractivity contribution in [2.75, 3.05) is 0 Å². The second-order valence-electron chi connectivity index (χ2n) is 3.22. The molecule has 1 radical (unpaired) electrons. The number of halogens is 1. The van der Waals surface area contributed by atoms with Crippen molar-refractivity contribution in [2.45, 2.75) is 0 Å². The summed E-state index contributed by atoms with van der Waals surface area (Å²) in [5.41, 5.74) is 1.66. The van der Waals surface area contributed by atoms with Crippen LogP contribution in [0.1, 0.15) is 11.1 Å². The van der Waals surface area contributed by atoms with Gasteiger partial charge >= 0.3 is 0 Å². The summed E-state index contributed by atoms with van der Waals surface area (Å²) in [6.07, 6.45) is 0.308. The highest BCUT2D eigenvalue weighted by atomic mass is 79.9. The zero-order valence-corrected chi connectivity index (χ0v) is 9.61. The Balaban J connectivity index is 2.29. The minimum absolute atomic E-state index is 0.308. The number of aliphatic hydroxyl groups excluding tert-OH is 1. The van der Waals surface area contributed by atoms with Crippen molar-refractivity contribution in [1.29, 1.82) is 0 Å². The quantitative estimate of drug-likeness (QED) is 0.873. The molecule has 0 aromatic heterocycles. The largest absolute Gasteiger partial charge is 0.377 e. The summed E-state index contributed by atoms with van der Waals surface area (Å²) in [5, 5.41) is 9.98. The van der Waals surface area contributed by atoms with Gasteiger partial charge in [-0.1, -0.05) is 58.4 Å². The zero-order valence-electron chi connectivity index (χ0n) is 8.02. The lowest BCUT2D eigenvalue weighted by molar-refractivity contribution is 0.356. The van der Waals surface area contributed by atoms with Crippen LogP contribution in [0, 0.1) is 6.10 Å². The molecule has 0 heterocycles. The monoisotopic (exact) mass is 261 g/mol. The summed E-state index contributed by atoms with van der Waals surface area (Å²) >= 11 is 3.36. The molecule has 2 aromatic rings. The molecule has 0 bridgehead atoms. The number of aliphatic hydroxyl groups is 1. The predicted octanol–water partition coefficient (Wildman–Crippen LogP) is 3.75. The molecule has 15 heavy (non-hydrogen) atoms. The van der Waals surface area contributed by atoms with Gasteiger partial charge in [-0.15, -0.1) is 0 Å². The lowest BCUT2D eigenvalue weighted by Gasteiger charge is -2.09. The van der Waals surface area contributed by atoms with Crippen LogP contribution in [0.4, 0.5) is 0 Å². The van der Waals surface area contributed by atoms with E-state index in [9.17, 15) is 5.11 Å². The first-order chi connectivity index (χ1) is 7.27. The Hall–Kier alpha value is -1.12. The van der Waals surface area contributed by atoms with E-state index >= 15 is 0 Å². The molecular weight excluding hydrogens is 252 g/mol. The van der Waals surface area contributed by atoms with Gasteiger partial charge in [-0.25, -0.2) is 0 Å². The molecule has 0 unspecified atom stereocenters. The number of hydrogen-bond donors (Lipinski definition) is 1. The van der Waals surface area contributed by atoms with Crippen LogP contribution in [0.5, 0.6) is 0 Å². The van der Waals surface area contributed by atoms with Crippen LogP contribution in [0.3, 0.4) is 0 Å². The SMILES string of the molecule is O[C](c1ccccc1)c1ccc(Br)cc1. The Labute approximate surface area is 97.5 Å². The number of hydrogen-bond acceptors (Lipinski definition) is 1. The molecule has 75 valence electrons. The average Bonchev–Trinajstić information content (AvgIpc) is 2.30. The van der Waals surface area contributed by atoms with Crippen molar-refractivity contribution in [1.82, 2.24) is 0 Å². The number of benzene rings is 2. The highest BCUT2D eigenvalue weighted by Gasteiger charge is 2.10. The van der Waals surface area contributed by atoms with E-state index in [2.05, 4.69) is 15.9 Å². The standard InChI is InChI=1S/C13H10BrO/c14-12-8-6-11(7-9-12)13(15)10-4-2-1-3-5-10/h1-9,15H. The molecule has 2 heteroatoms. The van der Waals surface area contributed by atoms with E-state index in [0.29, 0.717) is 6.10 Å². The van der Waals surface area contributed by atoms with Gasteiger partial charge in [-0.05, 0) is 23.3 Å². The van der Waals surface area contributed by atoms with E-state index < -0.39 is 0 Å². The first kappa shape index (κ1) is 10.4.